The standard InChI is InChI=1S/C14H9F3O2.C2H6/c1-8-2-4-9(5-3-8)14(18)19-10-6-11(15)13(17)12(16)7-10;1-2/h2-7H,1H3;1-2H3. The Kier molecular flexibility index (Phi) is 5.96. The number of carbonyl (C=O) groups is 1. The van der Waals surface area contributed by atoms with Gasteiger partial charge in [0.1, 0.15) is 5.75 Å². The maximum atomic E-state index is 12.9. The number of halogens is 3. The first kappa shape index (κ1) is 16.8. The first-order chi connectivity index (χ1) is 9.97. The Bertz CT molecular complexity index is 599. The van der Waals surface area contributed by atoms with Crippen LogP contribution in [0.4, 0.5) is 13.2 Å². The fourth-order valence-electron chi connectivity index (χ4n) is 1.45. The molecule has 2 aromatic carbocycles. The summed E-state index contributed by atoms with van der Waals surface area (Å²) < 4.78 is 43.4. The molecule has 0 amide bonds. The average molecular weight is 296 g/mol. The van der Waals surface area contributed by atoms with Crippen molar-refractivity contribution in [2.75, 3.05) is 0 Å². The predicted octanol–water partition coefficient (Wildman–Crippen LogP) is 4.66. The lowest BCUT2D eigenvalue weighted by Crippen LogP contribution is -2.09. The number of aryl methyl sites for hydroxylation is 1. The molecule has 0 unspecified atom stereocenters. The van der Waals surface area contributed by atoms with Crippen molar-refractivity contribution in [3.63, 3.8) is 0 Å². The molecule has 0 N–H and O–H groups in total. The smallest absolute Gasteiger partial charge is 0.343 e. The van der Waals surface area contributed by atoms with Crippen LogP contribution in [0.1, 0.15) is 29.8 Å². The fraction of sp³-hybridized carbons (Fsp3) is 0.188. The number of ether oxygens (including phenoxy) is 1. The van der Waals surface area contributed by atoms with E-state index in [-0.39, 0.29) is 11.3 Å². The quantitative estimate of drug-likeness (QED) is 0.458. The number of esters is 1. The van der Waals surface area contributed by atoms with Crippen molar-refractivity contribution in [2.45, 2.75) is 20.8 Å². The van der Waals surface area contributed by atoms with Crippen molar-refractivity contribution in [3.8, 4) is 5.75 Å². The molecule has 2 rings (SSSR count). The summed E-state index contributed by atoms with van der Waals surface area (Å²) in [5.41, 5.74) is 1.19. The second-order valence-electron chi connectivity index (χ2n) is 3.96. The molecule has 5 heteroatoms. The van der Waals surface area contributed by atoms with E-state index in [9.17, 15) is 18.0 Å². The summed E-state index contributed by atoms with van der Waals surface area (Å²) in [5, 5.41) is 0. The average Bonchev–Trinajstić information content (AvgIpc) is 2.47. The van der Waals surface area contributed by atoms with Crippen molar-refractivity contribution in [2.24, 2.45) is 0 Å². The molecule has 2 aromatic rings. The monoisotopic (exact) mass is 296 g/mol. The molecule has 0 spiro atoms. The molecule has 0 bridgehead atoms. The first-order valence-electron chi connectivity index (χ1n) is 6.41. The SMILES string of the molecule is CC.Cc1ccc(C(=O)Oc2cc(F)c(F)c(F)c2)cc1. The van der Waals surface area contributed by atoms with Crippen LogP contribution in [0.3, 0.4) is 0 Å². The minimum absolute atomic E-state index is 0.232. The van der Waals surface area contributed by atoms with Gasteiger partial charge < -0.3 is 4.74 Å². The molecule has 2 nitrogen and oxygen atoms in total. The topological polar surface area (TPSA) is 26.3 Å². The van der Waals surface area contributed by atoms with E-state index in [1.807, 2.05) is 20.8 Å². The van der Waals surface area contributed by atoms with E-state index in [4.69, 9.17) is 4.74 Å². The third-order valence-electron chi connectivity index (χ3n) is 2.46. The maximum absolute atomic E-state index is 12.9. The molecular formula is C16H15F3O2. The van der Waals surface area contributed by atoms with E-state index >= 15 is 0 Å². The Morgan fingerprint density at radius 2 is 1.43 bits per heavy atom. The van der Waals surface area contributed by atoms with Gasteiger partial charge in [-0.15, -0.1) is 0 Å². The molecule has 0 aromatic heterocycles. The van der Waals surface area contributed by atoms with Gasteiger partial charge in [0.15, 0.2) is 17.5 Å². The van der Waals surface area contributed by atoms with Gasteiger partial charge in [-0.2, -0.15) is 0 Å². The third kappa shape index (κ3) is 4.34. The molecule has 0 saturated heterocycles. The van der Waals surface area contributed by atoms with Gasteiger partial charge in [0, 0.05) is 12.1 Å². The Hall–Kier alpha value is -2.30. The van der Waals surface area contributed by atoms with Gasteiger partial charge >= 0.3 is 5.97 Å². The summed E-state index contributed by atoms with van der Waals surface area (Å²) in [4.78, 5) is 11.7. The molecule has 0 saturated carbocycles. The molecular weight excluding hydrogens is 281 g/mol. The van der Waals surface area contributed by atoms with Crippen molar-refractivity contribution in [3.05, 3.63) is 65.0 Å². The Morgan fingerprint density at radius 3 is 1.90 bits per heavy atom. The zero-order chi connectivity index (χ0) is 16.0. The number of benzene rings is 2. The number of rotatable bonds is 2. The van der Waals surface area contributed by atoms with E-state index in [1.165, 1.54) is 12.1 Å². The molecule has 0 atom stereocenters. The normalized spacial score (nSPS) is 9.62. The van der Waals surface area contributed by atoms with Gasteiger partial charge in [-0.1, -0.05) is 31.5 Å². The van der Waals surface area contributed by atoms with Crippen LogP contribution in [-0.2, 0) is 0 Å². The minimum atomic E-state index is -1.60. The number of hydrogen-bond donors (Lipinski definition) is 0. The molecule has 0 radical (unpaired) electrons. The van der Waals surface area contributed by atoms with Crippen LogP contribution in [-0.4, -0.2) is 5.97 Å². The molecule has 112 valence electrons. The van der Waals surface area contributed by atoms with Crippen molar-refractivity contribution in [1.29, 1.82) is 0 Å². The molecule has 0 fully saturated rings. The summed E-state index contributed by atoms with van der Waals surface area (Å²) in [6, 6.07) is 7.67. The van der Waals surface area contributed by atoms with Crippen molar-refractivity contribution in [1.82, 2.24) is 0 Å². The van der Waals surface area contributed by atoms with Gasteiger partial charge in [-0.05, 0) is 19.1 Å². The highest BCUT2D eigenvalue weighted by atomic mass is 19.2. The summed E-state index contributed by atoms with van der Waals surface area (Å²) in [6.07, 6.45) is 0. The van der Waals surface area contributed by atoms with E-state index in [2.05, 4.69) is 0 Å². The maximum Gasteiger partial charge on any atom is 0.343 e. The van der Waals surface area contributed by atoms with Gasteiger partial charge in [0.2, 0.25) is 0 Å². The highest BCUT2D eigenvalue weighted by molar-refractivity contribution is 5.91. The predicted molar refractivity (Wildman–Crippen MR) is 73.8 cm³/mol. The second-order valence-corrected chi connectivity index (χ2v) is 3.96. The molecule has 0 heterocycles. The second kappa shape index (κ2) is 7.47. The van der Waals surface area contributed by atoms with Gasteiger partial charge in [0.05, 0.1) is 5.56 Å². The molecule has 21 heavy (non-hydrogen) atoms. The number of hydrogen-bond acceptors (Lipinski definition) is 2. The highest BCUT2D eigenvalue weighted by Gasteiger charge is 2.14. The van der Waals surface area contributed by atoms with Crippen LogP contribution in [0, 0.1) is 24.4 Å². The van der Waals surface area contributed by atoms with Crippen LogP contribution >= 0.6 is 0 Å². The van der Waals surface area contributed by atoms with Crippen LogP contribution in [0.15, 0.2) is 36.4 Å². The van der Waals surface area contributed by atoms with Gasteiger partial charge in [0.25, 0.3) is 0 Å². The third-order valence-corrected chi connectivity index (χ3v) is 2.46. The van der Waals surface area contributed by atoms with Crippen molar-refractivity contribution >= 4 is 5.97 Å². The lowest BCUT2D eigenvalue weighted by molar-refractivity contribution is 0.0733. The highest BCUT2D eigenvalue weighted by Crippen LogP contribution is 2.20. The van der Waals surface area contributed by atoms with Crippen molar-refractivity contribution < 1.29 is 22.7 Å². The van der Waals surface area contributed by atoms with E-state index in [0.717, 1.165) is 5.56 Å². The molecule has 0 aliphatic heterocycles. The molecule has 0 aliphatic carbocycles. The lowest BCUT2D eigenvalue weighted by atomic mass is 10.1. The Labute approximate surface area is 121 Å². The van der Waals surface area contributed by atoms with E-state index < -0.39 is 23.4 Å². The van der Waals surface area contributed by atoms with E-state index in [1.54, 1.807) is 12.1 Å². The summed E-state index contributed by atoms with van der Waals surface area (Å²) in [5.74, 6) is -5.58. The summed E-state index contributed by atoms with van der Waals surface area (Å²) in [6.45, 7) is 5.85. The van der Waals surface area contributed by atoms with Crippen LogP contribution in [0.2, 0.25) is 0 Å². The van der Waals surface area contributed by atoms with Crippen LogP contribution < -0.4 is 4.74 Å². The van der Waals surface area contributed by atoms with Gasteiger partial charge in [-0.3, -0.25) is 0 Å². The Balaban J connectivity index is 0.00000106. The lowest BCUT2D eigenvalue weighted by Gasteiger charge is -2.05. The first-order valence-corrected chi connectivity index (χ1v) is 6.41. The number of carbonyl (C=O) groups excluding carboxylic acids is 1. The van der Waals surface area contributed by atoms with E-state index in [0.29, 0.717) is 12.1 Å². The summed E-state index contributed by atoms with van der Waals surface area (Å²) >= 11 is 0. The largest absolute Gasteiger partial charge is 0.423 e. The molecule has 0 aliphatic rings. The van der Waals surface area contributed by atoms with Crippen LogP contribution in [0.5, 0.6) is 5.75 Å². The fourth-order valence-corrected chi connectivity index (χ4v) is 1.45. The minimum Gasteiger partial charge on any atom is -0.423 e. The summed E-state index contributed by atoms with van der Waals surface area (Å²) in [7, 11) is 0. The zero-order valence-corrected chi connectivity index (χ0v) is 11.9. The Morgan fingerprint density at radius 1 is 0.952 bits per heavy atom. The van der Waals surface area contributed by atoms with Crippen LogP contribution in [0.25, 0.3) is 0 Å². The zero-order valence-electron chi connectivity index (χ0n) is 11.9. The van der Waals surface area contributed by atoms with Gasteiger partial charge in [-0.25, -0.2) is 18.0 Å².